The van der Waals surface area contributed by atoms with Crippen molar-refractivity contribution in [3.63, 3.8) is 0 Å². The molecule has 0 N–H and O–H groups in total. The summed E-state index contributed by atoms with van der Waals surface area (Å²) in [6, 6.07) is 26.3. The molecule has 0 aliphatic rings. The topological polar surface area (TPSA) is 43.4 Å². The molecule has 0 amide bonds. The number of unbranched alkanes of at least 4 members (excludes halogenated alkanes) is 1. The smallest absolute Gasteiger partial charge is 0.198 e. The average Bonchev–Trinajstić information content (AvgIpc) is 2.72. The number of benzene rings is 3. The summed E-state index contributed by atoms with van der Waals surface area (Å²) in [5, 5.41) is 0. The van der Waals surface area contributed by atoms with Crippen LogP contribution in [-0.4, -0.2) is 14.2 Å². The van der Waals surface area contributed by atoms with E-state index in [1.54, 1.807) is 0 Å². The minimum atomic E-state index is -3.48. The Morgan fingerprint density at radius 1 is 0.778 bits per heavy atom. The predicted molar refractivity (Wildman–Crippen MR) is 113 cm³/mol. The molecule has 5 heteroatoms. The van der Waals surface area contributed by atoms with E-state index in [-0.39, 0.29) is 5.75 Å². The molecule has 0 unspecified atom stereocenters. The average molecular weight is 399 g/mol. The second-order valence-electron chi connectivity index (χ2n) is 6.20. The first-order valence-corrected chi connectivity index (χ1v) is 11.2. The maximum Gasteiger partial charge on any atom is 0.278 e. The molecule has 0 radical (unpaired) electrons. The van der Waals surface area contributed by atoms with Crippen LogP contribution in [0.1, 0.15) is 19.8 Å². The Bertz CT molecular complexity index is 966. The van der Waals surface area contributed by atoms with Crippen molar-refractivity contribution in [3.05, 3.63) is 78.9 Å². The summed E-state index contributed by atoms with van der Waals surface area (Å²) in [5.41, 5.74) is 4.54. The maximum atomic E-state index is 11.8. The van der Waals surface area contributed by atoms with Crippen LogP contribution in [0.3, 0.4) is 0 Å². The van der Waals surface area contributed by atoms with E-state index >= 15 is 0 Å². The number of hydrogen-bond acceptors (Lipinski definition) is 4. The van der Waals surface area contributed by atoms with Gasteiger partial charge in [-0.15, -0.1) is 0 Å². The molecule has 0 aromatic heterocycles. The molecule has 0 saturated carbocycles. The second kappa shape index (κ2) is 9.22. The normalized spacial score (nSPS) is 11.4. The van der Waals surface area contributed by atoms with Crippen LogP contribution in [0.4, 0.5) is 0 Å². The van der Waals surface area contributed by atoms with Crippen molar-refractivity contribution in [2.24, 2.45) is 0 Å². The Hall–Kier alpha value is -2.08. The van der Waals surface area contributed by atoms with Gasteiger partial charge in [-0.3, -0.25) is 0 Å². The van der Waals surface area contributed by atoms with E-state index in [2.05, 4.69) is 24.3 Å². The van der Waals surface area contributed by atoms with Crippen molar-refractivity contribution in [3.8, 4) is 22.3 Å². The van der Waals surface area contributed by atoms with E-state index < -0.39 is 10.1 Å². The van der Waals surface area contributed by atoms with Gasteiger partial charge in [-0.1, -0.05) is 80.1 Å². The van der Waals surface area contributed by atoms with Crippen LogP contribution in [0.5, 0.6) is 0 Å². The molecular weight excluding hydrogens is 376 g/mol. The Balaban J connectivity index is 1.77. The third-order valence-electron chi connectivity index (χ3n) is 4.16. The molecule has 140 valence electrons. The molecule has 3 aromatic carbocycles. The van der Waals surface area contributed by atoms with Crippen molar-refractivity contribution >= 4 is 22.2 Å². The highest BCUT2D eigenvalue weighted by Gasteiger charge is 2.12. The molecule has 3 nitrogen and oxygen atoms in total. The summed E-state index contributed by atoms with van der Waals surface area (Å²) >= 11 is 0.894. The van der Waals surface area contributed by atoms with E-state index in [9.17, 15) is 8.42 Å². The van der Waals surface area contributed by atoms with Gasteiger partial charge in [-0.2, -0.15) is 12.0 Å². The van der Waals surface area contributed by atoms with Crippen LogP contribution in [0.25, 0.3) is 22.3 Å². The molecule has 3 rings (SSSR count). The van der Waals surface area contributed by atoms with Crippen molar-refractivity contribution in [2.75, 3.05) is 5.75 Å². The first kappa shape index (κ1) is 19.7. The lowest BCUT2D eigenvalue weighted by Crippen LogP contribution is -2.06. The molecule has 0 saturated heterocycles. The third-order valence-corrected chi connectivity index (χ3v) is 6.51. The molecule has 0 aliphatic carbocycles. The fourth-order valence-electron chi connectivity index (χ4n) is 2.74. The largest absolute Gasteiger partial charge is 0.278 e. The van der Waals surface area contributed by atoms with Crippen LogP contribution >= 0.6 is 12.0 Å². The van der Waals surface area contributed by atoms with Gasteiger partial charge in [0.1, 0.15) is 0 Å². The fourth-order valence-corrected chi connectivity index (χ4v) is 4.63. The lowest BCUT2D eigenvalue weighted by molar-refractivity contribution is 0.515. The van der Waals surface area contributed by atoms with Gasteiger partial charge >= 0.3 is 0 Å². The van der Waals surface area contributed by atoms with Gasteiger partial charge in [-0.05, 0) is 40.8 Å². The molecule has 0 atom stereocenters. The standard InChI is InChI=1S/C22H22O3S2/c1-2-3-17-27(23,24)25-26-20-15-13-19(14-16-20)22-12-8-7-11-21(22)18-9-5-4-6-10-18/h4-16H,2-3,17H2,1H3. The van der Waals surface area contributed by atoms with Crippen molar-refractivity contribution in [1.29, 1.82) is 0 Å². The summed E-state index contributed by atoms with van der Waals surface area (Å²) in [6.45, 7) is 1.95. The fraction of sp³-hybridized carbons (Fsp3) is 0.182. The van der Waals surface area contributed by atoms with E-state index in [0.717, 1.165) is 45.6 Å². The van der Waals surface area contributed by atoms with Crippen LogP contribution in [-0.2, 0) is 13.7 Å². The Kier molecular flexibility index (Phi) is 6.72. The molecule has 3 aromatic rings. The molecule has 0 aliphatic heterocycles. The predicted octanol–water partition coefficient (Wildman–Crippen LogP) is 6.17. The SMILES string of the molecule is CCCCS(=O)(=O)OSc1ccc(-c2ccccc2-c2ccccc2)cc1. The number of hydrogen-bond donors (Lipinski definition) is 0. The van der Waals surface area contributed by atoms with Gasteiger partial charge < -0.3 is 0 Å². The summed E-state index contributed by atoms with van der Waals surface area (Å²) in [6.07, 6.45) is 1.43. The van der Waals surface area contributed by atoms with Crippen LogP contribution in [0, 0.1) is 0 Å². The zero-order valence-corrected chi connectivity index (χ0v) is 16.8. The summed E-state index contributed by atoms with van der Waals surface area (Å²) < 4.78 is 28.7. The van der Waals surface area contributed by atoms with E-state index in [1.807, 2.05) is 61.5 Å². The van der Waals surface area contributed by atoms with E-state index in [4.69, 9.17) is 3.63 Å². The van der Waals surface area contributed by atoms with Crippen LogP contribution in [0.2, 0.25) is 0 Å². The first-order chi connectivity index (χ1) is 13.1. The van der Waals surface area contributed by atoms with Crippen LogP contribution in [0.15, 0.2) is 83.8 Å². The zero-order valence-electron chi connectivity index (χ0n) is 15.2. The highest BCUT2D eigenvalue weighted by molar-refractivity contribution is 8.04. The maximum absolute atomic E-state index is 11.8. The lowest BCUT2D eigenvalue weighted by Gasteiger charge is -2.11. The molecule has 27 heavy (non-hydrogen) atoms. The van der Waals surface area contributed by atoms with Gasteiger partial charge in [0.05, 0.1) is 5.75 Å². The van der Waals surface area contributed by atoms with Gasteiger partial charge in [0.15, 0.2) is 0 Å². The van der Waals surface area contributed by atoms with E-state index in [1.165, 1.54) is 0 Å². The zero-order chi connectivity index (χ0) is 19.1. The number of rotatable bonds is 8. The van der Waals surface area contributed by atoms with E-state index in [0.29, 0.717) is 6.42 Å². The van der Waals surface area contributed by atoms with Crippen LogP contribution < -0.4 is 0 Å². The second-order valence-corrected chi connectivity index (χ2v) is 8.91. The van der Waals surface area contributed by atoms with Crippen molar-refractivity contribution in [2.45, 2.75) is 24.7 Å². The molecule has 0 bridgehead atoms. The van der Waals surface area contributed by atoms with Crippen molar-refractivity contribution in [1.82, 2.24) is 0 Å². The van der Waals surface area contributed by atoms with Gasteiger partial charge in [0.2, 0.25) is 0 Å². The monoisotopic (exact) mass is 398 g/mol. The molecule has 0 spiro atoms. The molecule has 0 fully saturated rings. The Morgan fingerprint density at radius 3 is 1.93 bits per heavy atom. The van der Waals surface area contributed by atoms with Crippen molar-refractivity contribution < 1.29 is 12.0 Å². The Morgan fingerprint density at radius 2 is 1.33 bits per heavy atom. The highest BCUT2D eigenvalue weighted by atomic mass is 32.3. The van der Waals surface area contributed by atoms with Gasteiger partial charge in [0, 0.05) is 16.9 Å². The Labute approximate surface area is 165 Å². The van der Waals surface area contributed by atoms with Gasteiger partial charge in [0.25, 0.3) is 10.1 Å². The van der Waals surface area contributed by atoms with Gasteiger partial charge in [-0.25, -0.2) is 0 Å². The summed E-state index contributed by atoms with van der Waals surface area (Å²) in [5.74, 6) is 0.0546. The molecular formula is C22H22O3S2. The highest BCUT2D eigenvalue weighted by Crippen LogP contribution is 2.33. The summed E-state index contributed by atoms with van der Waals surface area (Å²) in [7, 11) is -3.48. The quantitative estimate of drug-likeness (QED) is 0.425. The third kappa shape index (κ3) is 5.45. The minimum absolute atomic E-state index is 0.0546. The first-order valence-electron chi connectivity index (χ1n) is 8.93. The lowest BCUT2D eigenvalue weighted by atomic mass is 9.95. The molecule has 0 heterocycles. The summed E-state index contributed by atoms with van der Waals surface area (Å²) in [4.78, 5) is 0.760. The minimum Gasteiger partial charge on any atom is -0.198 e.